The van der Waals surface area contributed by atoms with Gasteiger partial charge in [-0.2, -0.15) is 0 Å². The van der Waals surface area contributed by atoms with Crippen molar-refractivity contribution in [2.45, 2.75) is 37.1 Å². The fraction of sp³-hybridized carbons (Fsp3) is 0.889. The number of carbonyl (C=O) groups excluding carboxylic acids is 1. The number of aliphatic hydroxyl groups excluding tert-OH is 1. The smallest absolute Gasteiger partial charge is 0.236 e. The Kier molecular flexibility index (Phi) is 3.35. The Balaban J connectivity index is 2.21. The lowest BCUT2D eigenvalue weighted by molar-refractivity contribution is -0.123. The summed E-state index contributed by atoms with van der Waals surface area (Å²) in [5.41, 5.74) is 0. The molecule has 0 spiro atoms. The van der Waals surface area contributed by atoms with Gasteiger partial charge in [0, 0.05) is 6.54 Å². The van der Waals surface area contributed by atoms with Crippen LogP contribution in [0.2, 0.25) is 0 Å². The molecule has 1 saturated carbocycles. The third kappa shape index (κ3) is 3.65. The predicted molar refractivity (Wildman–Crippen MR) is 54.7 cm³/mol. The van der Waals surface area contributed by atoms with Gasteiger partial charge in [0.25, 0.3) is 0 Å². The summed E-state index contributed by atoms with van der Waals surface area (Å²) in [6.45, 7) is 3.94. The average molecular weight is 250 g/mol. The van der Waals surface area contributed by atoms with Gasteiger partial charge < -0.3 is 10.4 Å². The van der Waals surface area contributed by atoms with Crippen molar-refractivity contribution >= 4 is 21.8 Å². The molecular weight excluding hydrogens is 234 g/mol. The fourth-order valence-corrected chi connectivity index (χ4v) is 1.20. The van der Waals surface area contributed by atoms with Gasteiger partial charge in [0.05, 0.1) is 10.4 Å². The van der Waals surface area contributed by atoms with Crippen molar-refractivity contribution in [1.82, 2.24) is 5.32 Å². The van der Waals surface area contributed by atoms with Gasteiger partial charge in [-0.3, -0.25) is 4.79 Å². The van der Waals surface area contributed by atoms with Gasteiger partial charge >= 0.3 is 0 Å². The Bertz CT molecular complexity index is 196. The molecule has 3 nitrogen and oxygen atoms in total. The molecule has 76 valence electrons. The number of rotatable bonds is 4. The van der Waals surface area contributed by atoms with Crippen LogP contribution in [0.25, 0.3) is 0 Å². The first kappa shape index (κ1) is 11.0. The summed E-state index contributed by atoms with van der Waals surface area (Å²) in [6, 6.07) is 0. The van der Waals surface area contributed by atoms with Crippen LogP contribution in [0.3, 0.4) is 0 Å². The van der Waals surface area contributed by atoms with E-state index in [4.69, 9.17) is 0 Å². The fourth-order valence-electron chi connectivity index (χ4n) is 1.06. The van der Waals surface area contributed by atoms with E-state index in [-0.39, 0.29) is 12.0 Å². The van der Waals surface area contributed by atoms with Crippen molar-refractivity contribution < 1.29 is 9.90 Å². The molecule has 1 unspecified atom stereocenters. The van der Waals surface area contributed by atoms with E-state index in [1.165, 1.54) is 0 Å². The lowest BCUT2D eigenvalue weighted by Crippen LogP contribution is -2.41. The molecule has 0 bridgehead atoms. The highest BCUT2D eigenvalue weighted by atomic mass is 79.9. The SMILES string of the molecule is CC(C)(Br)C(=O)NCC(O)C1CC1. The minimum absolute atomic E-state index is 0.0767. The Morgan fingerprint density at radius 3 is 2.62 bits per heavy atom. The highest BCUT2D eigenvalue weighted by Crippen LogP contribution is 2.32. The molecule has 4 heteroatoms. The predicted octanol–water partition coefficient (Wildman–Crippen LogP) is 1.05. The van der Waals surface area contributed by atoms with Crippen LogP contribution in [0.15, 0.2) is 0 Å². The minimum atomic E-state index is -0.545. The molecule has 1 atom stereocenters. The molecule has 1 amide bonds. The summed E-state index contributed by atoms with van der Waals surface area (Å²) in [5.74, 6) is 0.339. The lowest BCUT2D eigenvalue weighted by Gasteiger charge is -2.17. The van der Waals surface area contributed by atoms with Gasteiger partial charge in [0.15, 0.2) is 0 Å². The van der Waals surface area contributed by atoms with Crippen molar-refractivity contribution in [1.29, 1.82) is 0 Å². The van der Waals surface area contributed by atoms with E-state index in [2.05, 4.69) is 21.2 Å². The first-order valence-corrected chi connectivity index (χ1v) is 5.36. The number of halogens is 1. The lowest BCUT2D eigenvalue weighted by atomic mass is 10.2. The molecule has 0 aromatic carbocycles. The molecule has 2 N–H and O–H groups in total. The van der Waals surface area contributed by atoms with Crippen molar-refractivity contribution in [3.05, 3.63) is 0 Å². The zero-order valence-electron chi connectivity index (χ0n) is 8.01. The van der Waals surface area contributed by atoms with Gasteiger partial charge in [-0.1, -0.05) is 15.9 Å². The number of alkyl halides is 1. The second-order valence-electron chi connectivity index (χ2n) is 4.09. The second kappa shape index (κ2) is 3.96. The third-order valence-corrected chi connectivity index (χ3v) is 2.54. The maximum Gasteiger partial charge on any atom is 0.236 e. The maximum absolute atomic E-state index is 11.3. The molecule has 13 heavy (non-hydrogen) atoms. The van der Waals surface area contributed by atoms with Crippen LogP contribution in [0.1, 0.15) is 26.7 Å². The molecule has 1 aliphatic rings. The highest BCUT2D eigenvalue weighted by molar-refractivity contribution is 9.10. The summed E-state index contributed by atoms with van der Waals surface area (Å²) in [6.07, 6.45) is 1.82. The topological polar surface area (TPSA) is 49.3 Å². The van der Waals surface area contributed by atoms with Crippen molar-refractivity contribution in [3.8, 4) is 0 Å². The van der Waals surface area contributed by atoms with Crippen molar-refractivity contribution in [2.75, 3.05) is 6.54 Å². The summed E-state index contributed by atoms with van der Waals surface area (Å²) < 4.78 is -0.545. The number of hydrogen-bond donors (Lipinski definition) is 2. The van der Waals surface area contributed by atoms with Crippen molar-refractivity contribution in [3.63, 3.8) is 0 Å². The van der Waals surface area contributed by atoms with E-state index in [9.17, 15) is 9.90 Å². The molecule has 0 heterocycles. The minimum Gasteiger partial charge on any atom is -0.391 e. The molecule has 0 aromatic heterocycles. The van der Waals surface area contributed by atoms with Crippen molar-refractivity contribution in [2.24, 2.45) is 5.92 Å². The van der Waals surface area contributed by atoms with Crippen LogP contribution in [-0.2, 0) is 4.79 Å². The molecule has 1 aliphatic carbocycles. The van der Waals surface area contributed by atoms with Crippen LogP contribution in [-0.4, -0.2) is 28.0 Å². The van der Waals surface area contributed by atoms with Gasteiger partial charge in [-0.05, 0) is 32.6 Å². The van der Waals surface area contributed by atoms with Crippen LogP contribution >= 0.6 is 15.9 Å². The zero-order chi connectivity index (χ0) is 10.1. The number of aliphatic hydroxyl groups is 1. The molecule has 1 rings (SSSR count). The number of carbonyl (C=O) groups is 1. The first-order valence-electron chi connectivity index (χ1n) is 4.56. The van der Waals surface area contributed by atoms with Gasteiger partial charge in [-0.15, -0.1) is 0 Å². The van der Waals surface area contributed by atoms with Crippen LogP contribution in [0.4, 0.5) is 0 Å². The Labute approximate surface area is 87.0 Å². The maximum atomic E-state index is 11.3. The summed E-state index contributed by atoms with van der Waals surface area (Å²) >= 11 is 3.25. The second-order valence-corrected chi connectivity index (χ2v) is 6.07. The van der Waals surface area contributed by atoms with E-state index < -0.39 is 4.32 Å². The molecule has 0 radical (unpaired) electrons. The highest BCUT2D eigenvalue weighted by Gasteiger charge is 2.31. The Morgan fingerprint density at radius 2 is 2.23 bits per heavy atom. The number of amides is 1. The van der Waals surface area contributed by atoms with Crippen LogP contribution < -0.4 is 5.32 Å². The summed E-state index contributed by atoms with van der Waals surface area (Å²) in [5, 5.41) is 12.2. The van der Waals surface area contributed by atoms with Crippen LogP contribution in [0, 0.1) is 5.92 Å². The van der Waals surface area contributed by atoms with E-state index in [0.717, 1.165) is 12.8 Å². The Hall–Kier alpha value is -0.0900. The number of nitrogens with one attached hydrogen (secondary N) is 1. The normalized spacial score (nSPS) is 19.7. The van der Waals surface area contributed by atoms with E-state index in [0.29, 0.717) is 12.5 Å². The van der Waals surface area contributed by atoms with E-state index in [1.807, 2.05) is 0 Å². The molecule has 0 aromatic rings. The van der Waals surface area contributed by atoms with Gasteiger partial charge in [-0.25, -0.2) is 0 Å². The van der Waals surface area contributed by atoms with Gasteiger partial charge in [0.2, 0.25) is 5.91 Å². The van der Waals surface area contributed by atoms with Crippen LogP contribution in [0.5, 0.6) is 0 Å². The van der Waals surface area contributed by atoms with E-state index >= 15 is 0 Å². The summed E-state index contributed by atoms with van der Waals surface area (Å²) in [4.78, 5) is 11.3. The quantitative estimate of drug-likeness (QED) is 0.732. The number of hydrogen-bond acceptors (Lipinski definition) is 2. The molecule has 1 fully saturated rings. The standard InChI is InChI=1S/C9H16BrNO2/c1-9(2,10)8(13)11-5-7(12)6-3-4-6/h6-7,12H,3-5H2,1-2H3,(H,11,13). The molecular formula is C9H16BrNO2. The third-order valence-electron chi connectivity index (χ3n) is 2.18. The largest absolute Gasteiger partial charge is 0.391 e. The molecule has 0 aliphatic heterocycles. The van der Waals surface area contributed by atoms with E-state index in [1.54, 1.807) is 13.8 Å². The first-order chi connectivity index (χ1) is 5.91. The summed E-state index contributed by atoms with van der Waals surface area (Å²) in [7, 11) is 0. The Morgan fingerprint density at radius 1 is 1.69 bits per heavy atom. The van der Waals surface area contributed by atoms with Gasteiger partial charge in [0.1, 0.15) is 0 Å². The zero-order valence-corrected chi connectivity index (χ0v) is 9.60. The average Bonchev–Trinajstić information content (AvgIpc) is 2.79. The monoisotopic (exact) mass is 249 g/mol. The molecule has 0 saturated heterocycles.